The van der Waals surface area contributed by atoms with E-state index in [1.165, 1.54) is 50.6 Å². The van der Waals surface area contributed by atoms with E-state index in [4.69, 9.17) is 9.47 Å². The number of fused-ring (bicyclic) bond motifs is 8. The molecule has 4 aliphatic rings. The van der Waals surface area contributed by atoms with Crippen LogP contribution < -0.4 is 69.9 Å². The maximum atomic E-state index is 7.21. The third kappa shape index (κ3) is 5.76. The van der Waals surface area contributed by atoms with E-state index in [-0.39, 0.29) is 43.3 Å². The standard InChI is InChI=1S/C54H34B2N2O2Se2/c1-5-17-35(18-6-1)57(36-19-7-2-8-20-36)39-29-47-53-51(31-39)61-49-27-15-13-25-41(49)55(53)43-33-44-46(34-45(43)59-47)60-48-30-40(32-52-54(48)56(44)42-26-14-16-28-50(42)62-52)58(37-21-9-3-10-22-37)38-23-11-4-12-24-38/h1-34H. The van der Waals surface area contributed by atoms with Gasteiger partial charge in [-0.2, -0.15) is 0 Å². The Hall–Kier alpha value is -6.65. The van der Waals surface area contributed by atoms with E-state index >= 15 is 0 Å². The van der Waals surface area contributed by atoms with E-state index in [1.54, 1.807) is 0 Å². The second-order valence-electron chi connectivity index (χ2n) is 16.0. The minimum absolute atomic E-state index is 0.0356. The normalized spacial score (nSPS) is 13.2. The first kappa shape index (κ1) is 36.0. The Bertz CT molecular complexity index is 2930. The van der Waals surface area contributed by atoms with Crippen LogP contribution in [0, 0.1) is 0 Å². The Balaban J connectivity index is 0.997. The minimum atomic E-state index is 0.0356. The van der Waals surface area contributed by atoms with Gasteiger partial charge in [0.05, 0.1) is 0 Å². The zero-order chi connectivity index (χ0) is 40.7. The molecule has 13 rings (SSSR count). The van der Waals surface area contributed by atoms with Crippen LogP contribution in [0.4, 0.5) is 34.1 Å². The van der Waals surface area contributed by atoms with E-state index in [1.807, 2.05) is 0 Å². The molecule has 9 aromatic rings. The van der Waals surface area contributed by atoms with Crippen LogP contribution >= 0.6 is 0 Å². The maximum absolute atomic E-state index is 7.21. The van der Waals surface area contributed by atoms with Gasteiger partial charge in [-0.25, -0.2) is 0 Å². The second kappa shape index (κ2) is 14.5. The second-order valence-corrected chi connectivity index (χ2v) is 20.5. The van der Waals surface area contributed by atoms with Crippen molar-refractivity contribution in [3.63, 3.8) is 0 Å². The van der Waals surface area contributed by atoms with Crippen LogP contribution in [0.3, 0.4) is 0 Å². The van der Waals surface area contributed by atoms with Gasteiger partial charge in [-0.05, 0) is 0 Å². The zero-order valence-electron chi connectivity index (χ0n) is 33.3. The van der Waals surface area contributed by atoms with Gasteiger partial charge in [0.15, 0.2) is 0 Å². The molecule has 4 aliphatic heterocycles. The molecule has 0 fully saturated rings. The summed E-state index contributed by atoms with van der Waals surface area (Å²) in [5, 5.41) is 0. The molecular weight excluding hydrogens is 888 g/mol. The topological polar surface area (TPSA) is 24.9 Å². The summed E-state index contributed by atoms with van der Waals surface area (Å²) in [6.45, 7) is 0.0712. The molecule has 0 unspecified atom stereocenters. The molecule has 8 heteroatoms. The molecule has 0 bridgehead atoms. The summed E-state index contributed by atoms with van der Waals surface area (Å²) in [4.78, 5) is 4.69. The molecule has 4 heterocycles. The third-order valence-corrected chi connectivity index (χ3v) is 17.3. The summed E-state index contributed by atoms with van der Waals surface area (Å²) in [5.41, 5.74) is 14.3. The number of nitrogens with zero attached hydrogens (tertiary/aromatic N) is 2. The van der Waals surface area contributed by atoms with Crippen molar-refractivity contribution in [3.05, 3.63) is 206 Å². The Morgan fingerprint density at radius 3 is 1.03 bits per heavy atom. The summed E-state index contributed by atoms with van der Waals surface area (Å²) in [6.07, 6.45) is 0. The van der Waals surface area contributed by atoms with Crippen LogP contribution in [0.15, 0.2) is 206 Å². The van der Waals surface area contributed by atoms with Gasteiger partial charge in [0, 0.05) is 0 Å². The quantitative estimate of drug-likeness (QED) is 0.197. The van der Waals surface area contributed by atoms with Crippen molar-refractivity contribution in [1.82, 2.24) is 0 Å². The van der Waals surface area contributed by atoms with E-state index in [0.29, 0.717) is 0 Å². The number of hydrogen-bond donors (Lipinski definition) is 0. The average Bonchev–Trinajstić information content (AvgIpc) is 3.32. The summed E-state index contributed by atoms with van der Waals surface area (Å²) in [5.74, 6) is 3.53. The molecule has 9 aromatic carbocycles. The molecule has 0 aromatic heterocycles. The number of benzene rings is 9. The van der Waals surface area contributed by atoms with E-state index in [2.05, 4.69) is 216 Å². The third-order valence-electron chi connectivity index (χ3n) is 12.4. The zero-order valence-corrected chi connectivity index (χ0v) is 36.7. The van der Waals surface area contributed by atoms with Gasteiger partial charge in [-0.1, -0.05) is 0 Å². The van der Waals surface area contributed by atoms with Crippen molar-refractivity contribution in [1.29, 1.82) is 0 Å². The predicted molar refractivity (Wildman–Crippen MR) is 261 cm³/mol. The number of hydrogen-bond acceptors (Lipinski definition) is 4. The number of rotatable bonds is 6. The molecule has 290 valence electrons. The molecular formula is C54H34B2N2O2Se2. The van der Waals surface area contributed by atoms with Gasteiger partial charge in [0.1, 0.15) is 0 Å². The molecule has 0 N–H and O–H groups in total. The first-order valence-corrected chi connectivity index (χ1v) is 24.4. The first-order valence-electron chi connectivity index (χ1n) is 21.0. The molecule has 0 radical (unpaired) electrons. The van der Waals surface area contributed by atoms with Gasteiger partial charge >= 0.3 is 377 Å². The van der Waals surface area contributed by atoms with Crippen LogP contribution in [-0.4, -0.2) is 43.3 Å². The summed E-state index contributed by atoms with van der Waals surface area (Å²) in [6, 6.07) is 74.7. The Morgan fingerprint density at radius 2 is 0.645 bits per heavy atom. The van der Waals surface area contributed by atoms with Crippen LogP contribution in [-0.2, 0) is 0 Å². The van der Waals surface area contributed by atoms with Gasteiger partial charge in [0.2, 0.25) is 0 Å². The van der Waals surface area contributed by atoms with E-state index < -0.39 is 0 Å². The fraction of sp³-hybridized carbons (Fsp3) is 0. The summed E-state index contributed by atoms with van der Waals surface area (Å²) in [7, 11) is 0. The van der Waals surface area contributed by atoms with Crippen molar-refractivity contribution in [2.45, 2.75) is 0 Å². The fourth-order valence-electron chi connectivity index (χ4n) is 9.82. The summed E-state index contributed by atoms with van der Waals surface area (Å²) >= 11 is 0.182. The van der Waals surface area contributed by atoms with E-state index in [0.717, 1.165) is 57.1 Å². The fourth-order valence-corrected chi connectivity index (χ4v) is 14.8. The average molecular weight is 922 g/mol. The van der Waals surface area contributed by atoms with Crippen LogP contribution in [0.25, 0.3) is 0 Å². The van der Waals surface area contributed by atoms with Crippen molar-refractivity contribution >= 4 is 128 Å². The molecule has 4 nitrogen and oxygen atoms in total. The van der Waals surface area contributed by atoms with Crippen molar-refractivity contribution in [2.24, 2.45) is 0 Å². The van der Waals surface area contributed by atoms with E-state index in [9.17, 15) is 0 Å². The number of anilines is 6. The number of ether oxygens (including phenoxy) is 2. The van der Waals surface area contributed by atoms with Crippen molar-refractivity contribution in [2.75, 3.05) is 9.80 Å². The first-order chi connectivity index (χ1) is 30.7. The van der Waals surface area contributed by atoms with Crippen LogP contribution in [0.5, 0.6) is 23.0 Å². The Labute approximate surface area is 374 Å². The molecule has 62 heavy (non-hydrogen) atoms. The van der Waals surface area contributed by atoms with Gasteiger partial charge in [-0.3, -0.25) is 0 Å². The van der Waals surface area contributed by atoms with Crippen molar-refractivity contribution < 1.29 is 9.47 Å². The van der Waals surface area contributed by atoms with Crippen LogP contribution in [0.2, 0.25) is 0 Å². The van der Waals surface area contributed by atoms with Crippen LogP contribution in [0.1, 0.15) is 0 Å². The molecule has 0 amide bonds. The molecule has 0 saturated heterocycles. The summed E-state index contributed by atoms with van der Waals surface area (Å²) < 4.78 is 20.0. The van der Waals surface area contributed by atoms with Gasteiger partial charge < -0.3 is 0 Å². The Morgan fingerprint density at radius 1 is 0.290 bits per heavy atom. The molecule has 0 spiro atoms. The van der Waals surface area contributed by atoms with Gasteiger partial charge in [0.25, 0.3) is 0 Å². The molecule has 0 aliphatic carbocycles. The molecule has 0 saturated carbocycles. The number of para-hydroxylation sites is 4. The SMILES string of the molecule is c1ccc(N(c2ccccc2)c2cc3c4c(c2)[Se]c2ccccc2B4c2cc4c(cc2O3)Oc2cc(N(c3ccccc3)c3ccccc3)cc3c2B4c2ccccc2[Se]3)cc1. The van der Waals surface area contributed by atoms with Crippen molar-refractivity contribution in [3.8, 4) is 23.0 Å². The predicted octanol–water partition coefficient (Wildman–Crippen LogP) is 5.81. The molecule has 0 atom stereocenters. The Kier molecular flexibility index (Phi) is 8.42. The monoisotopic (exact) mass is 924 g/mol. The van der Waals surface area contributed by atoms with Gasteiger partial charge in [-0.15, -0.1) is 0 Å².